The number of nitrogens with zero attached hydrogens (tertiary/aromatic N) is 1. The van der Waals surface area contributed by atoms with E-state index in [1.807, 2.05) is 33.3 Å². The minimum absolute atomic E-state index is 0.0301. The predicted octanol–water partition coefficient (Wildman–Crippen LogP) is 18.4. The molecule has 0 rings (SSSR count). The van der Waals surface area contributed by atoms with E-state index in [0.717, 1.165) is 103 Å². The highest BCUT2D eigenvalue weighted by Gasteiger charge is 2.27. The molecule has 1 N–H and O–H groups in total. The highest BCUT2D eigenvalue weighted by molar-refractivity contribution is 7.45. The molecule has 0 aliphatic carbocycles. The van der Waals surface area contributed by atoms with E-state index in [1.54, 1.807) is 0 Å². The number of phosphoric acid groups is 1. The Morgan fingerprint density at radius 2 is 0.853 bits per heavy atom. The predicted molar refractivity (Wildman–Crippen MR) is 321 cm³/mol. The first kappa shape index (κ1) is 72.2. The number of amides is 1. The molecule has 0 heterocycles. The molecule has 0 fully saturated rings. The largest absolute Gasteiger partial charge is 0.756 e. The molecule has 0 aromatic carbocycles. The molecule has 0 aromatic rings. The van der Waals surface area contributed by atoms with Gasteiger partial charge < -0.3 is 28.5 Å². The molecular weight excluding hydrogens is 952 g/mol. The van der Waals surface area contributed by atoms with E-state index in [1.165, 1.54) is 122 Å². The molecular formula is C65H117N2O7P. The Morgan fingerprint density at radius 3 is 1.28 bits per heavy atom. The third kappa shape index (κ3) is 55.7. The van der Waals surface area contributed by atoms with Gasteiger partial charge in [0.25, 0.3) is 7.82 Å². The Bertz CT molecular complexity index is 1560. The third-order valence-electron chi connectivity index (χ3n) is 13.3. The van der Waals surface area contributed by atoms with Crippen molar-refractivity contribution in [3.63, 3.8) is 0 Å². The molecule has 0 aliphatic heterocycles. The van der Waals surface area contributed by atoms with Gasteiger partial charge in [-0.15, -0.1) is 0 Å². The molecule has 75 heavy (non-hydrogen) atoms. The first-order valence-electron chi connectivity index (χ1n) is 30.9. The van der Waals surface area contributed by atoms with E-state index in [4.69, 9.17) is 13.8 Å². The second-order valence-electron chi connectivity index (χ2n) is 21.8. The Hall–Kier alpha value is -2.81. The van der Waals surface area contributed by atoms with Crippen molar-refractivity contribution in [2.45, 2.75) is 277 Å². The van der Waals surface area contributed by atoms with Crippen LogP contribution in [0, 0.1) is 0 Å². The molecule has 0 saturated carbocycles. The highest BCUT2D eigenvalue weighted by atomic mass is 31.2. The number of allylic oxidation sites excluding steroid dienone is 13. The standard InChI is InChI=1S/C65H117N2O7P/c1-7-10-13-16-19-22-25-27-29-30-31-32-33-34-35-36-38-39-42-45-48-51-54-57-64(68)66-62(61-73-75(70,71)72-60-59-67(4,5)6)63(56-53-50-47-44-41-24-21-18-15-12-9-3)74-65(69)58-55-52-49-46-43-40-37-28-26-23-20-17-14-11-8-2/h10,13,19,22,27,29,31-32,34-35,38-39,53,56,62-63H,7-9,11-12,14-18,20-21,23-26,28,30,33,36-37,40-52,54-55,57-61H2,1-6H3,(H-,66,68,70,71)/b13-10-,22-19-,29-27-,32-31-,35-34-,39-38-,56-53-. The summed E-state index contributed by atoms with van der Waals surface area (Å²) < 4.78 is 30.3. The molecule has 0 aromatic heterocycles. The van der Waals surface area contributed by atoms with E-state index < -0.39 is 26.6 Å². The van der Waals surface area contributed by atoms with Crippen LogP contribution in [0.1, 0.15) is 265 Å². The summed E-state index contributed by atoms with van der Waals surface area (Å²) in [4.78, 5) is 39.9. The number of carbonyl (C=O) groups excluding carboxylic acids is 2. The quantitative estimate of drug-likeness (QED) is 0.0212. The summed E-state index contributed by atoms with van der Waals surface area (Å²) in [5.41, 5.74) is 0. The first-order chi connectivity index (χ1) is 36.4. The molecule has 9 nitrogen and oxygen atoms in total. The second-order valence-corrected chi connectivity index (χ2v) is 23.2. The summed E-state index contributed by atoms with van der Waals surface area (Å²) in [5.74, 6) is -0.568. The van der Waals surface area contributed by atoms with E-state index in [9.17, 15) is 19.0 Å². The number of phosphoric ester groups is 1. The monoisotopic (exact) mass is 1070 g/mol. The minimum Gasteiger partial charge on any atom is -0.756 e. The lowest BCUT2D eigenvalue weighted by Crippen LogP contribution is -2.47. The summed E-state index contributed by atoms with van der Waals surface area (Å²) in [6.07, 6.45) is 71.2. The number of quaternary nitrogens is 1. The number of carbonyl (C=O) groups is 2. The molecule has 1 amide bonds. The molecule has 0 saturated heterocycles. The van der Waals surface area contributed by atoms with Gasteiger partial charge in [-0.2, -0.15) is 0 Å². The second kappa shape index (κ2) is 54.5. The zero-order valence-electron chi connectivity index (χ0n) is 49.5. The SMILES string of the molecule is CC/C=C\C/C=C\C/C=C\C/C=C\C/C=C\C/C=C\CCCCCCC(=O)NC(COP(=O)([O-])OCC[N+](C)(C)C)C(/C=C\CCCCCCCCCCC)OC(=O)CCCCCCCCCCCCCCCCC. The zero-order valence-corrected chi connectivity index (χ0v) is 50.4. The fourth-order valence-electron chi connectivity index (χ4n) is 8.58. The molecule has 3 unspecified atom stereocenters. The number of hydrogen-bond donors (Lipinski definition) is 1. The van der Waals surface area contributed by atoms with Gasteiger partial charge in [0.2, 0.25) is 5.91 Å². The smallest absolute Gasteiger partial charge is 0.306 e. The Kier molecular flexibility index (Phi) is 52.5. The Morgan fingerprint density at radius 1 is 0.480 bits per heavy atom. The maximum atomic E-state index is 13.5. The van der Waals surface area contributed by atoms with Gasteiger partial charge >= 0.3 is 5.97 Å². The van der Waals surface area contributed by atoms with Crippen molar-refractivity contribution < 1.29 is 37.3 Å². The van der Waals surface area contributed by atoms with Gasteiger partial charge in [-0.25, -0.2) is 0 Å². The van der Waals surface area contributed by atoms with Crippen molar-refractivity contribution in [3.8, 4) is 0 Å². The van der Waals surface area contributed by atoms with Crippen molar-refractivity contribution >= 4 is 19.7 Å². The van der Waals surface area contributed by atoms with Gasteiger partial charge in [-0.05, 0) is 83.1 Å². The van der Waals surface area contributed by atoms with Crippen LogP contribution in [-0.4, -0.2) is 69.4 Å². The molecule has 10 heteroatoms. The van der Waals surface area contributed by atoms with E-state index in [0.29, 0.717) is 17.4 Å². The number of unbranched alkanes of at least 4 members (excludes halogenated alkanes) is 27. The van der Waals surface area contributed by atoms with Crippen LogP contribution in [0.2, 0.25) is 0 Å². The summed E-state index contributed by atoms with van der Waals surface area (Å²) in [5, 5.41) is 3.01. The molecule has 0 spiro atoms. The van der Waals surface area contributed by atoms with Crippen molar-refractivity contribution in [1.29, 1.82) is 0 Å². The van der Waals surface area contributed by atoms with Crippen molar-refractivity contribution in [3.05, 3.63) is 85.1 Å². The number of rotatable bonds is 55. The van der Waals surface area contributed by atoms with E-state index in [2.05, 4.69) is 99.0 Å². The van der Waals surface area contributed by atoms with Crippen LogP contribution in [-0.2, 0) is 27.9 Å². The van der Waals surface area contributed by atoms with Gasteiger partial charge in [-0.1, -0.05) is 254 Å². The number of ether oxygens (including phenoxy) is 1. The highest BCUT2D eigenvalue weighted by Crippen LogP contribution is 2.38. The maximum absolute atomic E-state index is 13.5. The minimum atomic E-state index is -4.71. The van der Waals surface area contributed by atoms with Crippen molar-refractivity contribution in [1.82, 2.24) is 5.32 Å². The van der Waals surface area contributed by atoms with Crippen LogP contribution in [0.25, 0.3) is 0 Å². The number of nitrogens with one attached hydrogen (secondary N) is 1. The number of hydrogen-bond acceptors (Lipinski definition) is 7. The molecule has 0 radical (unpaired) electrons. The summed E-state index contributed by atoms with van der Waals surface area (Å²) >= 11 is 0. The van der Waals surface area contributed by atoms with E-state index in [-0.39, 0.29) is 31.3 Å². The fourth-order valence-corrected chi connectivity index (χ4v) is 9.31. The van der Waals surface area contributed by atoms with Crippen molar-refractivity contribution in [2.75, 3.05) is 40.9 Å². The van der Waals surface area contributed by atoms with Gasteiger partial charge in [0.05, 0.1) is 33.8 Å². The van der Waals surface area contributed by atoms with Crippen LogP contribution in [0.3, 0.4) is 0 Å². The third-order valence-corrected chi connectivity index (χ3v) is 14.3. The topological polar surface area (TPSA) is 114 Å². The molecule has 434 valence electrons. The first-order valence-corrected chi connectivity index (χ1v) is 32.4. The van der Waals surface area contributed by atoms with Gasteiger partial charge in [-0.3, -0.25) is 14.2 Å². The van der Waals surface area contributed by atoms with Crippen LogP contribution in [0.15, 0.2) is 85.1 Å². The lowest BCUT2D eigenvalue weighted by atomic mass is 10.0. The lowest BCUT2D eigenvalue weighted by molar-refractivity contribution is -0.870. The number of likely N-dealkylation sites (N-methyl/N-ethyl adjacent to an activating group) is 1. The van der Waals surface area contributed by atoms with Gasteiger partial charge in [0.1, 0.15) is 19.3 Å². The summed E-state index contributed by atoms with van der Waals surface area (Å²) in [6, 6.07) is -0.903. The average Bonchev–Trinajstić information content (AvgIpc) is 3.37. The normalized spacial score (nSPS) is 14.3. The van der Waals surface area contributed by atoms with Crippen LogP contribution < -0.4 is 10.2 Å². The average molecular weight is 1070 g/mol. The zero-order chi connectivity index (χ0) is 55.0. The van der Waals surface area contributed by atoms with Gasteiger partial charge in [0, 0.05) is 12.8 Å². The lowest BCUT2D eigenvalue weighted by Gasteiger charge is -2.30. The van der Waals surface area contributed by atoms with Crippen LogP contribution in [0.4, 0.5) is 0 Å². The molecule has 0 bridgehead atoms. The molecule has 3 atom stereocenters. The molecule has 0 aliphatic rings. The van der Waals surface area contributed by atoms with Crippen molar-refractivity contribution in [2.24, 2.45) is 0 Å². The van der Waals surface area contributed by atoms with Crippen LogP contribution >= 0.6 is 7.82 Å². The fraction of sp³-hybridized carbons (Fsp3) is 0.754. The summed E-state index contributed by atoms with van der Waals surface area (Å²) in [6.45, 7) is 6.71. The van der Waals surface area contributed by atoms with Crippen LogP contribution in [0.5, 0.6) is 0 Å². The van der Waals surface area contributed by atoms with E-state index >= 15 is 0 Å². The summed E-state index contributed by atoms with van der Waals surface area (Å²) in [7, 11) is 1.16. The Labute approximate surface area is 463 Å². The maximum Gasteiger partial charge on any atom is 0.306 e. The van der Waals surface area contributed by atoms with Gasteiger partial charge in [0.15, 0.2) is 0 Å². The number of esters is 1. The Balaban J connectivity index is 5.25.